The quantitative estimate of drug-likeness (QED) is 0.468. The van der Waals surface area contributed by atoms with Crippen LogP contribution in [0.1, 0.15) is 42.5 Å². The van der Waals surface area contributed by atoms with Crippen LogP contribution in [0.2, 0.25) is 0 Å². The Labute approximate surface area is 146 Å². The summed E-state index contributed by atoms with van der Waals surface area (Å²) in [5, 5.41) is 2.91. The topological polar surface area (TPSA) is 70.7 Å². The summed E-state index contributed by atoms with van der Waals surface area (Å²) in [6, 6.07) is 7.36. The van der Waals surface area contributed by atoms with E-state index in [-0.39, 0.29) is 5.91 Å². The molecule has 1 aliphatic heterocycles. The Morgan fingerprint density at radius 3 is 2.70 bits per heavy atom. The fraction of sp³-hybridized carbons (Fsp3) is 0.529. The Bertz CT molecular complexity index is 539. The number of halogens is 1. The first kappa shape index (κ1) is 17.8. The molecule has 6 heteroatoms. The molecule has 1 heterocycles. The zero-order chi connectivity index (χ0) is 16.5. The van der Waals surface area contributed by atoms with Gasteiger partial charge >= 0.3 is 0 Å². The van der Waals surface area contributed by atoms with Gasteiger partial charge in [0.1, 0.15) is 0 Å². The number of rotatable bonds is 5. The van der Waals surface area contributed by atoms with Crippen LogP contribution in [0.25, 0.3) is 0 Å². The Balaban J connectivity index is 1.68. The Morgan fingerprint density at radius 2 is 2.00 bits per heavy atom. The summed E-state index contributed by atoms with van der Waals surface area (Å²) in [7, 11) is 0. The molecule has 1 amide bonds. The van der Waals surface area contributed by atoms with Crippen molar-refractivity contribution in [1.82, 2.24) is 10.2 Å². The minimum Gasteiger partial charge on any atom is -0.370 e. The molecule has 126 valence electrons. The molecule has 0 spiro atoms. The number of nitrogens with zero attached hydrogens (tertiary/aromatic N) is 2. The molecule has 1 aromatic carbocycles. The zero-order valence-corrected chi connectivity index (χ0v) is 15.0. The van der Waals surface area contributed by atoms with Crippen LogP contribution < -0.4 is 11.1 Å². The number of nitrogens with one attached hydrogen (secondary N) is 1. The summed E-state index contributed by atoms with van der Waals surface area (Å²) < 4.78 is 0.903. The van der Waals surface area contributed by atoms with Gasteiger partial charge in [0.25, 0.3) is 5.91 Å². The molecule has 1 saturated heterocycles. The molecule has 1 aromatic rings. The number of hydrogen-bond donors (Lipinski definition) is 2. The van der Waals surface area contributed by atoms with Gasteiger partial charge in [-0.15, -0.1) is 0 Å². The standard InChI is InChI=1S/C17H25BrN4O/c18-15-8-5-7-14(13-15)16(23)20-9-6-10-21-17(19)22-11-3-1-2-4-12-22/h5,7-8,13H,1-4,6,9-12H2,(H2,19,21)(H,20,23). The van der Waals surface area contributed by atoms with Crippen LogP contribution in [0.15, 0.2) is 33.7 Å². The SMILES string of the molecule is NC(=NCCCNC(=O)c1cccc(Br)c1)N1CCCCCC1. The monoisotopic (exact) mass is 380 g/mol. The van der Waals surface area contributed by atoms with Crippen LogP contribution in [-0.2, 0) is 0 Å². The molecule has 2 rings (SSSR count). The summed E-state index contributed by atoms with van der Waals surface area (Å²) in [4.78, 5) is 18.6. The molecule has 0 aliphatic carbocycles. The van der Waals surface area contributed by atoms with Gasteiger partial charge in [-0.3, -0.25) is 9.79 Å². The number of guanidine groups is 1. The van der Waals surface area contributed by atoms with Crippen LogP contribution in [0.4, 0.5) is 0 Å². The lowest BCUT2D eigenvalue weighted by molar-refractivity contribution is 0.0953. The molecule has 0 saturated carbocycles. The minimum atomic E-state index is -0.0595. The number of aliphatic imine (C=N–C) groups is 1. The number of amides is 1. The summed E-state index contributed by atoms with van der Waals surface area (Å²) in [6.07, 6.45) is 5.74. The lowest BCUT2D eigenvalue weighted by Crippen LogP contribution is -2.38. The molecule has 23 heavy (non-hydrogen) atoms. The molecule has 0 aromatic heterocycles. The Hall–Kier alpha value is -1.56. The van der Waals surface area contributed by atoms with Crippen molar-refractivity contribution >= 4 is 27.8 Å². The number of carbonyl (C=O) groups is 1. The maximum Gasteiger partial charge on any atom is 0.251 e. The molecule has 0 atom stereocenters. The van der Waals surface area contributed by atoms with Crippen molar-refractivity contribution in [2.75, 3.05) is 26.2 Å². The van der Waals surface area contributed by atoms with Gasteiger partial charge in [0.2, 0.25) is 0 Å². The molecule has 1 aliphatic rings. The molecule has 3 N–H and O–H groups in total. The van der Waals surface area contributed by atoms with Gasteiger partial charge in [0.05, 0.1) is 0 Å². The molecule has 5 nitrogen and oxygen atoms in total. The molecule has 0 bridgehead atoms. The molecule has 1 fully saturated rings. The van der Waals surface area contributed by atoms with E-state index in [1.807, 2.05) is 18.2 Å². The van der Waals surface area contributed by atoms with E-state index in [4.69, 9.17) is 5.73 Å². The van der Waals surface area contributed by atoms with Gasteiger partial charge in [0.15, 0.2) is 5.96 Å². The smallest absolute Gasteiger partial charge is 0.251 e. The third-order valence-electron chi connectivity index (χ3n) is 3.91. The highest BCUT2D eigenvalue weighted by atomic mass is 79.9. The maximum absolute atomic E-state index is 12.0. The van der Waals surface area contributed by atoms with Crippen LogP contribution in [0.5, 0.6) is 0 Å². The van der Waals surface area contributed by atoms with Crippen LogP contribution >= 0.6 is 15.9 Å². The van der Waals surface area contributed by atoms with E-state index in [1.54, 1.807) is 6.07 Å². The van der Waals surface area contributed by atoms with Crippen molar-refractivity contribution in [3.8, 4) is 0 Å². The van der Waals surface area contributed by atoms with E-state index in [2.05, 4.69) is 31.1 Å². The van der Waals surface area contributed by atoms with E-state index >= 15 is 0 Å². The zero-order valence-electron chi connectivity index (χ0n) is 13.4. The summed E-state index contributed by atoms with van der Waals surface area (Å²) in [5.74, 6) is 0.584. The second-order valence-electron chi connectivity index (χ2n) is 5.76. The highest BCUT2D eigenvalue weighted by Crippen LogP contribution is 2.11. The summed E-state index contributed by atoms with van der Waals surface area (Å²) >= 11 is 3.37. The highest BCUT2D eigenvalue weighted by molar-refractivity contribution is 9.10. The van der Waals surface area contributed by atoms with E-state index < -0.39 is 0 Å². The maximum atomic E-state index is 12.0. The molecular weight excluding hydrogens is 356 g/mol. The predicted octanol–water partition coefficient (Wildman–Crippen LogP) is 2.76. The number of nitrogens with two attached hydrogens (primary N) is 1. The number of benzene rings is 1. The van der Waals surface area contributed by atoms with Gasteiger partial charge in [-0.1, -0.05) is 34.8 Å². The fourth-order valence-electron chi connectivity index (χ4n) is 2.61. The third kappa shape index (κ3) is 6.22. The second-order valence-corrected chi connectivity index (χ2v) is 6.68. The first-order chi connectivity index (χ1) is 11.2. The number of hydrogen-bond acceptors (Lipinski definition) is 2. The van der Waals surface area contributed by atoms with E-state index in [0.717, 1.165) is 24.0 Å². The molecule has 0 unspecified atom stereocenters. The lowest BCUT2D eigenvalue weighted by atomic mass is 10.2. The van der Waals surface area contributed by atoms with Crippen molar-refractivity contribution in [3.63, 3.8) is 0 Å². The van der Waals surface area contributed by atoms with Crippen LogP contribution in [0, 0.1) is 0 Å². The Kier molecular flexibility index (Phi) is 7.39. The first-order valence-electron chi connectivity index (χ1n) is 8.25. The predicted molar refractivity (Wildman–Crippen MR) is 97.6 cm³/mol. The normalized spacial score (nSPS) is 16.0. The van der Waals surface area contributed by atoms with Gasteiger partial charge in [-0.05, 0) is 37.5 Å². The Morgan fingerprint density at radius 1 is 1.26 bits per heavy atom. The summed E-state index contributed by atoms with van der Waals surface area (Å²) in [6.45, 7) is 3.26. The average Bonchev–Trinajstić information content (AvgIpc) is 2.83. The number of carbonyl (C=O) groups excluding carboxylic acids is 1. The van der Waals surface area contributed by atoms with Crippen LogP contribution in [0.3, 0.4) is 0 Å². The number of likely N-dealkylation sites (tertiary alicyclic amines) is 1. The van der Waals surface area contributed by atoms with Crippen LogP contribution in [-0.4, -0.2) is 42.9 Å². The fourth-order valence-corrected chi connectivity index (χ4v) is 3.01. The molecule has 0 radical (unpaired) electrons. The van der Waals surface area contributed by atoms with Gasteiger partial charge < -0.3 is 16.0 Å². The first-order valence-corrected chi connectivity index (χ1v) is 9.05. The second kappa shape index (κ2) is 9.55. The largest absolute Gasteiger partial charge is 0.370 e. The van der Waals surface area contributed by atoms with Gasteiger partial charge in [-0.25, -0.2) is 0 Å². The lowest BCUT2D eigenvalue weighted by Gasteiger charge is -2.21. The van der Waals surface area contributed by atoms with Crippen molar-refractivity contribution in [1.29, 1.82) is 0 Å². The van der Waals surface area contributed by atoms with E-state index in [9.17, 15) is 4.79 Å². The third-order valence-corrected chi connectivity index (χ3v) is 4.40. The van der Waals surface area contributed by atoms with Gasteiger partial charge in [-0.2, -0.15) is 0 Å². The van der Waals surface area contributed by atoms with Crippen molar-refractivity contribution in [2.24, 2.45) is 10.7 Å². The van der Waals surface area contributed by atoms with E-state index in [1.165, 1.54) is 25.7 Å². The minimum absolute atomic E-state index is 0.0595. The average molecular weight is 381 g/mol. The summed E-state index contributed by atoms with van der Waals surface area (Å²) in [5.41, 5.74) is 6.71. The van der Waals surface area contributed by atoms with E-state index in [0.29, 0.717) is 24.6 Å². The van der Waals surface area contributed by atoms with Crippen molar-refractivity contribution in [3.05, 3.63) is 34.3 Å². The van der Waals surface area contributed by atoms with Crippen molar-refractivity contribution in [2.45, 2.75) is 32.1 Å². The highest BCUT2D eigenvalue weighted by Gasteiger charge is 2.10. The molecular formula is C17H25BrN4O. The van der Waals surface area contributed by atoms with Crippen molar-refractivity contribution < 1.29 is 4.79 Å². The van der Waals surface area contributed by atoms with Gasteiger partial charge in [0, 0.05) is 36.2 Å².